The maximum Gasteiger partial charge on any atom is 0.186 e. The van der Waals surface area contributed by atoms with Crippen LogP contribution in [0.15, 0.2) is 18.2 Å². The van der Waals surface area contributed by atoms with Gasteiger partial charge in [0.1, 0.15) is 17.3 Å². The number of aromatic nitrogens is 4. The Morgan fingerprint density at radius 1 is 1.37 bits per heavy atom. The minimum absolute atomic E-state index is 0.137. The Morgan fingerprint density at radius 3 is 2.84 bits per heavy atom. The first-order chi connectivity index (χ1) is 9.11. The predicted octanol–water partition coefficient (Wildman–Crippen LogP) is 2.17. The lowest BCUT2D eigenvalue weighted by Gasteiger charge is -2.03. The number of nitrogens with zero attached hydrogens (tertiary/aromatic N) is 3. The summed E-state index contributed by atoms with van der Waals surface area (Å²) < 4.78 is 28.1. The van der Waals surface area contributed by atoms with E-state index < -0.39 is 11.6 Å². The van der Waals surface area contributed by atoms with Crippen LogP contribution in [-0.4, -0.2) is 20.0 Å². The number of aromatic amines is 1. The second-order valence-electron chi connectivity index (χ2n) is 4.14. The lowest BCUT2D eigenvalue weighted by molar-refractivity contribution is 0.574. The summed E-state index contributed by atoms with van der Waals surface area (Å²) in [7, 11) is 0. The molecule has 0 aliphatic carbocycles. The average Bonchev–Trinajstić information content (AvgIpc) is 2.91. The highest BCUT2D eigenvalue weighted by molar-refractivity contribution is 5.89. The molecule has 0 aliphatic heterocycles. The molecule has 1 aromatic carbocycles. The van der Waals surface area contributed by atoms with Crippen LogP contribution in [0.4, 0.5) is 14.6 Å². The quantitative estimate of drug-likeness (QED) is 0.744. The van der Waals surface area contributed by atoms with Crippen LogP contribution in [-0.2, 0) is 6.42 Å². The first-order valence-electron chi connectivity index (χ1n) is 5.78. The maximum atomic E-state index is 13.8. The molecule has 0 radical (unpaired) electrons. The minimum atomic E-state index is -0.700. The van der Waals surface area contributed by atoms with Gasteiger partial charge in [-0.05, 0) is 18.6 Å². The molecule has 2 heterocycles. The number of nitrogen functional groups attached to an aromatic ring is 1. The van der Waals surface area contributed by atoms with Gasteiger partial charge in [0, 0.05) is 6.07 Å². The van der Waals surface area contributed by atoms with Gasteiger partial charge in [-0.2, -0.15) is 10.2 Å². The number of H-pyrrole nitrogens is 1. The molecule has 0 spiro atoms. The molecule has 0 bridgehead atoms. The molecule has 3 aromatic rings. The molecule has 3 N–H and O–H groups in total. The summed E-state index contributed by atoms with van der Waals surface area (Å²) in [4.78, 5) is 0. The first kappa shape index (κ1) is 11.6. The largest absolute Gasteiger partial charge is 0.383 e. The van der Waals surface area contributed by atoms with Gasteiger partial charge in [-0.25, -0.2) is 13.5 Å². The van der Waals surface area contributed by atoms with Crippen LogP contribution in [0.1, 0.15) is 12.6 Å². The number of fused-ring (bicyclic) bond motifs is 1. The van der Waals surface area contributed by atoms with Gasteiger partial charge in [-0.15, -0.1) is 0 Å². The van der Waals surface area contributed by atoms with Gasteiger partial charge >= 0.3 is 0 Å². The number of nitrogens with two attached hydrogens (primary N) is 1. The van der Waals surface area contributed by atoms with Crippen LogP contribution in [0.2, 0.25) is 0 Å². The second kappa shape index (κ2) is 4.04. The number of hydrogen-bond donors (Lipinski definition) is 2. The number of hydrogen-bond acceptors (Lipinski definition) is 3. The Morgan fingerprint density at radius 2 is 2.16 bits per heavy atom. The number of aryl methyl sites for hydroxylation is 1. The van der Waals surface area contributed by atoms with E-state index in [1.54, 1.807) is 0 Å². The molecule has 0 saturated carbocycles. The van der Waals surface area contributed by atoms with Crippen molar-refractivity contribution < 1.29 is 8.78 Å². The van der Waals surface area contributed by atoms with Gasteiger partial charge < -0.3 is 5.73 Å². The van der Waals surface area contributed by atoms with Crippen molar-refractivity contribution >= 4 is 16.9 Å². The molecule has 5 nitrogen and oxygen atoms in total. The molecule has 19 heavy (non-hydrogen) atoms. The Labute approximate surface area is 107 Å². The van der Waals surface area contributed by atoms with E-state index in [2.05, 4.69) is 15.3 Å². The van der Waals surface area contributed by atoms with Crippen LogP contribution in [0.25, 0.3) is 16.7 Å². The second-order valence-corrected chi connectivity index (χ2v) is 4.14. The van der Waals surface area contributed by atoms with Crippen molar-refractivity contribution in [3.05, 3.63) is 35.5 Å². The van der Waals surface area contributed by atoms with Gasteiger partial charge in [0.05, 0.1) is 11.1 Å². The summed E-state index contributed by atoms with van der Waals surface area (Å²) >= 11 is 0. The number of rotatable bonds is 2. The van der Waals surface area contributed by atoms with Crippen LogP contribution in [0.3, 0.4) is 0 Å². The molecule has 7 heteroatoms. The fourth-order valence-electron chi connectivity index (χ4n) is 2.07. The molecule has 0 unspecified atom stereocenters. The van der Waals surface area contributed by atoms with Gasteiger partial charge in [0.15, 0.2) is 11.5 Å². The maximum absolute atomic E-state index is 13.8. The van der Waals surface area contributed by atoms with Crippen molar-refractivity contribution in [1.82, 2.24) is 20.0 Å². The van der Waals surface area contributed by atoms with Gasteiger partial charge in [-0.3, -0.25) is 5.10 Å². The zero-order chi connectivity index (χ0) is 13.6. The SMILES string of the molecule is CCc1nn(-c2ccc(F)cc2F)c2n[nH]c(N)c12. The molecule has 0 atom stereocenters. The van der Waals surface area contributed by atoms with E-state index in [-0.39, 0.29) is 5.69 Å². The summed E-state index contributed by atoms with van der Waals surface area (Å²) in [6.45, 7) is 1.92. The standard InChI is InChI=1S/C12H11F2N5/c1-2-8-10-11(15)16-17-12(10)19(18-8)9-4-3-6(13)5-7(9)14/h3-5H,2H2,1H3,(H3,15,16,17). The van der Waals surface area contributed by atoms with Gasteiger partial charge in [0.25, 0.3) is 0 Å². The lowest BCUT2D eigenvalue weighted by atomic mass is 10.2. The summed E-state index contributed by atoms with van der Waals surface area (Å²) in [5, 5.41) is 11.6. The van der Waals surface area contributed by atoms with E-state index in [1.807, 2.05) is 6.92 Å². The van der Waals surface area contributed by atoms with E-state index in [4.69, 9.17) is 5.73 Å². The van der Waals surface area contributed by atoms with E-state index in [9.17, 15) is 8.78 Å². The fraction of sp³-hybridized carbons (Fsp3) is 0.167. The lowest BCUT2D eigenvalue weighted by Crippen LogP contribution is -2.02. The highest BCUT2D eigenvalue weighted by atomic mass is 19.1. The minimum Gasteiger partial charge on any atom is -0.383 e. The molecular weight excluding hydrogens is 252 g/mol. The van der Waals surface area contributed by atoms with Crippen LogP contribution in [0, 0.1) is 11.6 Å². The molecule has 0 aliphatic rings. The molecule has 98 valence electrons. The number of anilines is 1. The Hall–Kier alpha value is -2.44. The van der Waals surface area contributed by atoms with Crippen molar-refractivity contribution in [3.63, 3.8) is 0 Å². The summed E-state index contributed by atoms with van der Waals surface area (Å²) in [5.41, 5.74) is 7.06. The van der Waals surface area contributed by atoms with E-state index in [0.717, 1.165) is 6.07 Å². The molecule has 2 aromatic heterocycles. The Bertz CT molecular complexity index is 759. The molecule has 0 saturated heterocycles. The Kier molecular flexibility index (Phi) is 2.48. The molecule has 0 amide bonds. The third-order valence-electron chi connectivity index (χ3n) is 2.96. The van der Waals surface area contributed by atoms with E-state index in [0.29, 0.717) is 29.0 Å². The summed E-state index contributed by atoms with van der Waals surface area (Å²) in [5.74, 6) is -0.948. The predicted molar refractivity (Wildman–Crippen MR) is 66.9 cm³/mol. The van der Waals surface area contributed by atoms with Crippen molar-refractivity contribution in [3.8, 4) is 5.69 Å². The zero-order valence-electron chi connectivity index (χ0n) is 10.1. The topological polar surface area (TPSA) is 72.5 Å². The third-order valence-corrected chi connectivity index (χ3v) is 2.96. The van der Waals surface area contributed by atoms with Crippen LogP contribution >= 0.6 is 0 Å². The highest BCUT2D eigenvalue weighted by Gasteiger charge is 2.18. The fourth-order valence-corrected chi connectivity index (χ4v) is 2.07. The van der Waals surface area contributed by atoms with Crippen molar-refractivity contribution in [1.29, 1.82) is 0 Å². The smallest absolute Gasteiger partial charge is 0.186 e. The number of nitrogens with one attached hydrogen (secondary N) is 1. The van der Waals surface area contributed by atoms with Gasteiger partial charge in [0.2, 0.25) is 0 Å². The van der Waals surface area contributed by atoms with Crippen molar-refractivity contribution in [2.45, 2.75) is 13.3 Å². The van der Waals surface area contributed by atoms with Crippen LogP contribution < -0.4 is 5.73 Å². The normalized spacial score (nSPS) is 11.3. The third kappa shape index (κ3) is 1.66. The number of benzene rings is 1. The Balaban J connectivity index is 2.30. The van der Waals surface area contributed by atoms with Crippen LogP contribution in [0.5, 0.6) is 0 Å². The van der Waals surface area contributed by atoms with E-state index >= 15 is 0 Å². The highest BCUT2D eigenvalue weighted by Crippen LogP contribution is 2.26. The molecule has 3 rings (SSSR count). The molecular formula is C12H11F2N5. The summed E-state index contributed by atoms with van der Waals surface area (Å²) in [6.07, 6.45) is 0.635. The van der Waals surface area contributed by atoms with E-state index in [1.165, 1.54) is 16.8 Å². The van der Waals surface area contributed by atoms with Gasteiger partial charge in [-0.1, -0.05) is 6.92 Å². The zero-order valence-corrected chi connectivity index (χ0v) is 10.1. The monoisotopic (exact) mass is 263 g/mol. The van der Waals surface area contributed by atoms with Crippen molar-refractivity contribution in [2.24, 2.45) is 0 Å². The summed E-state index contributed by atoms with van der Waals surface area (Å²) in [6, 6.07) is 3.31. The van der Waals surface area contributed by atoms with Crippen molar-refractivity contribution in [2.75, 3.05) is 5.73 Å². The first-order valence-corrected chi connectivity index (χ1v) is 5.78. The average molecular weight is 263 g/mol. The number of halogens is 2. The molecule has 0 fully saturated rings.